The summed E-state index contributed by atoms with van der Waals surface area (Å²) in [6.07, 6.45) is 5.12. The van der Waals surface area contributed by atoms with E-state index in [1.165, 1.54) is 0 Å². The monoisotopic (exact) mass is 390 g/mol. The minimum atomic E-state index is -0.777. The molecule has 0 radical (unpaired) electrons. The van der Waals surface area contributed by atoms with E-state index >= 15 is 0 Å². The van der Waals surface area contributed by atoms with Crippen LogP contribution in [0.2, 0.25) is 0 Å². The molecule has 0 fully saturated rings. The zero-order valence-electron chi connectivity index (χ0n) is 17.1. The van der Waals surface area contributed by atoms with Gasteiger partial charge in [0, 0.05) is 5.92 Å². The maximum atomic E-state index is 12.7. The van der Waals surface area contributed by atoms with Crippen molar-refractivity contribution in [3.05, 3.63) is 95.3 Å². The minimum Gasteiger partial charge on any atom is -0.451 e. The summed E-state index contributed by atoms with van der Waals surface area (Å²) in [5.41, 5.74) is 1.10. The van der Waals surface area contributed by atoms with Gasteiger partial charge >= 0.3 is 11.9 Å². The van der Waals surface area contributed by atoms with Gasteiger partial charge in [-0.1, -0.05) is 57.2 Å². The molecule has 0 heterocycles. The number of hydrogen-bond acceptors (Lipinski definition) is 4. The molecule has 2 aromatic rings. The van der Waals surface area contributed by atoms with Gasteiger partial charge in [-0.15, -0.1) is 0 Å². The highest BCUT2D eigenvalue weighted by Crippen LogP contribution is 2.38. The first-order chi connectivity index (χ1) is 14.0. The van der Waals surface area contributed by atoms with Crippen molar-refractivity contribution >= 4 is 11.9 Å². The summed E-state index contributed by atoms with van der Waals surface area (Å²) < 4.78 is 11.7. The number of benzene rings is 2. The van der Waals surface area contributed by atoms with E-state index in [1.807, 2.05) is 57.2 Å². The highest BCUT2D eigenvalue weighted by molar-refractivity contribution is 5.91. The molecule has 2 aromatic carbocycles. The number of carbonyl (C=O) groups excluding carboxylic acids is 2. The van der Waals surface area contributed by atoms with Crippen LogP contribution in [0.1, 0.15) is 54.3 Å². The minimum absolute atomic E-state index is 0.144. The number of carbonyl (C=O) groups is 2. The zero-order chi connectivity index (χ0) is 20.9. The molecule has 0 aliphatic heterocycles. The van der Waals surface area contributed by atoms with Crippen LogP contribution in [0.15, 0.2) is 84.1 Å². The van der Waals surface area contributed by atoms with Gasteiger partial charge < -0.3 is 9.47 Å². The number of ether oxygens (including phenoxy) is 2. The Balaban J connectivity index is 1.84. The lowest BCUT2D eigenvalue weighted by molar-refractivity contribution is -0.0156. The standard InChI is InChI=1S/C25H26O4/c1-4-19-17-25(5-2,29-24(27)21-14-10-7-11-15-21)18(3)16-22(19)28-23(26)20-12-8-6-9-13-20/h6-18H,4-5H2,1-3H3. The Morgan fingerprint density at radius 2 is 1.45 bits per heavy atom. The van der Waals surface area contributed by atoms with E-state index in [0.717, 1.165) is 5.57 Å². The van der Waals surface area contributed by atoms with Crippen LogP contribution >= 0.6 is 0 Å². The molecule has 0 aromatic heterocycles. The van der Waals surface area contributed by atoms with Crippen LogP contribution in [0, 0.1) is 5.92 Å². The molecule has 0 saturated carbocycles. The fraction of sp³-hybridized carbons (Fsp3) is 0.280. The average molecular weight is 390 g/mol. The molecular formula is C25H26O4. The molecule has 0 spiro atoms. The van der Waals surface area contributed by atoms with Crippen molar-refractivity contribution in [2.45, 2.75) is 39.2 Å². The van der Waals surface area contributed by atoms with Gasteiger partial charge in [0.15, 0.2) is 0 Å². The molecule has 1 aliphatic carbocycles. The summed E-state index contributed by atoms with van der Waals surface area (Å²) in [4.78, 5) is 25.2. The Morgan fingerprint density at radius 1 is 0.897 bits per heavy atom. The third-order valence-electron chi connectivity index (χ3n) is 5.35. The predicted octanol–water partition coefficient (Wildman–Crippen LogP) is 5.72. The topological polar surface area (TPSA) is 52.6 Å². The summed E-state index contributed by atoms with van der Waals surface area (Å²) in [5, 5.41) is 0. The first kappa shape index (κ1) is 20.6. The SMILES string of the molecule is CCC1=CC(CC)(OC(=O)c2ccccc2)C(C)C=C1OC(=O)c1ccccc1. The van der Waals surface area contributed by atoms with Crippen molar-refractivity contribution in [3.8, 4) is 0 Å². The molecule has 0 bridgehead atoms. The Kier molecular flexibility index (Phi) is 6.32. The number of allylic oxidation sites excluding steroid dienone is 1. The highest BCUT2D eigenvalue weighted by atomic mass is 16.6. The van der Waals surface area contributed by atoms with E-state index in [4.69, 9.17) is 9.47 Å². The quantitative estimate of drug-likeness (QED) is 0.592. The van der Waals surface area contributed by atoms with E-state index < -0.39 is 11.6 Å². The Hall–Kier alpha value is -3.14. The van der Waals surface area contributed by atoms with Gasteiger partial charge in [0.1, 0.15) is 11.4 Å². The first-order valence-electron chi connectivity index (χ1n) is 9.98. The van der Waals surface area contributed by atoms with Crippen molar-refractivity contribution < 1.29 is 19.1 Å². The molecule has 4 heteroatoms. The largest absolute Gasteiger partial charge is 0.451 e. The fourth-order valence-corrected chi connectivity index (χ4v) is 3.51. The second kappa shape index (κ2) is 8.91. The maximum Gasteiger partial charge on any atom is 0.343 e. The molecule has 150 valence electrons. The van der Waals surface area contributed by atoms with Crippen molar-refractivity contribution in [2.75, 3.05) is 0 Å². The molecule has 0 saturated heterocycles. The van der Waals surface area contributed by atoms with Crippen molar-refractivity contribution in [3.63, 3.8) is 0 Å². The van der Waals surface area contributed by atoms with Crippen LogP contribution in [0.3, 0.4) is 0 Å². The van der Waals surface area contributed by atoms with Crippen LogP contribution in [0.25, 0.3) is 0 Å². The van der Waals surface area contributed by atoms with Crippen molar-refractivity contribution in [1.82, 2.24) is 0 Å². The summed E-state index contributed by atoms with van der Waals surface area (Å²) in [5.74, 6) is -0.361. The molecule has 2 unspecified atom stereocenters. The van der Waals surface area contributed by atoms with E-state index in [-0.39, 0.29) is 11.9 Å². The second-order valence-electron chi connectivity index (χ2n) is 7.16. The van der Waals surface area contributed by atoms with Gasteiger partial charge in [-0.05, 0) is 54.8 Å². The average Bonchev–Trinajstić information content (AvgIpc) is 2.76. The van der Waals surface area contributed by atoms with E-state index in [1.54, 1.807) is 36.4 Å². The van der Waals surface area contributed by atoms with Gasteiger partial charge in [-0.25, -0.2) is 9.59 Å². The normalized spacial score (nSPS) is 21.0. The molecular weight excluding hydrogens is 364 g/mol. The van der Waals surface area contributed by atoms with E-state index in [9.17, 15) is 9.59 Å². The number of hydrogen-bond donors (Lipinski definition) is 0. The van der Waals surface area contributed by atoms with Gasteiger partial charge in [0.05, 0.1) is 11.1 Å². The van der Waals surface area contributed by atoms with Gasteiger partial charge in [0.25, 0.3) is 0 Å². The Labute approximate surface area is 171 Å². The third-order valence-corrected chi connectivity index (χ3v) is 5.35. The van der Waals surface area contributed by atoms with Gasteiger partial charge in [-0.2, -0.15) is 0 Å². The second-order valence-corrected chi connectivity index (χ2v) is 7.16. The third kappa shape index (κ3) is 4.48. The summed E-state index contributed by atoms with van der Waals surface area (Å²) in [7, 11) is 0. The summed E-state index contributed by atoms with van der Waals surface area (Å²) in [6.45, 7) is 5.96. The summed E-state index contributed by atoms with van der Waals surface area (Å²) in [6, 6.07) is 17.9. The van der Waals surface area contributed by atoms with Crippen LogP contribution in [0.5, 0.6) is 0 Å². The van der Waals surface area contributed by atoms with Crippen LogP contribution < -0.4 is 0 Å². The molecule has 4 nitrogen and oxygen atoms in total. The van der Waals surface area contributed by atoms with E-state index in [0.29, 0.717) is 29.7 Å². The van der Waals surface area contributed by atoms with Crippen LogP contribution in [0.4, 0.5) is 0 Å². The molecule has 1 aliphatic rings. The lowest BCUT2D eigenvalue weighted by Gasteiger charge is -2.38. The fourth-order valence-electron chi connectivity index (χ4n) is 3.51. The van der Waals surface area contributed by atoms with Crippen LogP contribution in [-0.2, 0) is 9.47 Å². The first-order valence-corrected chi connectivity index (χ1v) is 9.98. The van der Waals surface area contributed by atoms with Crippen molar-refractivity contribution in [2.24, 2.45) is 5.92 Å². The molecule has 0 N–H and O–H groups in total. The van der Waals surface area contributed by atoms with Gasteiger partial charge in [0.2, 0.25) is 0 Å². The van der Waals surface area contributed by atoms with Gasteiger partial charge in [-0.3, -0.25) is 0 Å². The molecule has 29 heavy (non-hydrogen) atoms. The Bertz CT molecular complexity index is 928. The predicted molar refractivity (Wildman–Crippen MR) is 112 cm³/mol. The summed E-state index contributed by atoms with van der Waals surface area (Å²) >= 11 is 0. The molecule has 0 amide bonds. The van der Waals surface area contributed by atoms with E-state index in [2.05, 4.69) is 0 Å². The van der Waals surface area contributed by atoms with Crippen LogP contribution in [-0.4, -0.2) is 17.5 Å². The smallest absolute Gasteiger partial charge is 0.343 e. The Morgan fingerprint density at radius 3 is 1.97 bits per heavy atom. The highest BCUT2D eigenvalue weighted by Gasteiger charge is 2.40. The lowest BCUT2D eigenvalue weighted by Crippen LogP contribution is -2.41. The van der Waals surface area contributed by atoms with Crippen molar-refractivity contribution in [1.29, 1.82) is 0 Å². The zero-order valence-corrected chi connectivity index (χ0v) is 17.1. The molecule has 3 rings (SSSR count). The lowest BCUT2D eigenvalue weighted by atomic mass is 9.79. The number of esters is 2. The maximum absolute atomic E-state index is 12.7. The number of rotatable bonds is 6. The molecule has 2 atom stereocenters.